The molecule has 112 valence electrons. The molecule has 1 amide bonds. The summed E-state index contributed by atoms with van der Waals surface area (Å²) in [5.74, 6) is -0.375. The maximum atomic E-state index is 12.1. The number of anilines is 2. The Morgan fingerprint density at radius 3 is 2.65 bits per heavy atom. The minimum atomic E-state index is -4.22. The highest BCUT2D eigenvalue weighted by Crippen LogP contribution is 2.20. The molecule has 0 aliphatic rings. The van der Waals surface area contributed by atoms with Crippen LogP contribution in [-0.4, -0.2) is 36.6 Å². The van der Waals surface area contributed by atoms with Crippen molar-refractivity contribution in [1.29, 1.82) is 0 Å². The summed E-state index contributed by atoms with van der Waals surface area (Å²) in [7, 11) is 1.48. The van der Waals surface area contributed by atoms with E-state index in [2.05, 4.69) is 5.32 Å². The third-order valence-electron chi connectivity index (χ3n) is 2.94. The number of nitrogen functional groups attached to an aromatic ring is 1. The molecule has 0 saturated heterocycles. The molecule has 0 aromatic heterocycles. The Hall–Kier alpha value is -1.76. The number of alkyl halides is 3. The first-order valence-corrected chi connectivity index (χ1v) is 6.12. The number of nitrogens with one attached hydrogen (secondary N) is 1. The number of hydrogen-bond donors (Lipinski definition) is 2. The molecule has 1 unspecified atom stereocenters. The molecule has 0 bridgehead atoms. The Labute approximate surface area is 115 Å². The van der Waals surface area contributed by atoms with Crippen LogP contribution in [-0.2, 0) is 4.79 Å². The second-order valence-electron chi connectivity index (χ2n) is 4.64. The van der Waals surface area contributed by atoms with E-state index >= 15 is 0 Å². The van der Waals surface area contributed by atoms with Crippen LogP contribution in [0.5, 0.6) is 0 Å². The highest BCUT2D eigenvalue weighted by atomic mass is 19.4. The average molecular weight is 289 g/mol. The summed E-state index contributed by atoms with van der Waals surface area (Å²) in [6.07, 6.45) is -5.17. The Morgan fingerprint density at radius 1 is 1.45 bits per heavy atom. The van der Waals surface area contributed by atoms with Gasteiger partial charge in [0.05, 0.1) is 12.5 Å². The minimum Gasteiger partial charge on any atom is -0.399 e. The van der Waals surface area contributed by atoms with Crippen LogP contribution in [0.3, 0.4) is 0 Å². The molecule has 0 radical (unpaired) electrons. The second-order valence-corrected chi connectivity index (χ2v) is 4.64. The van der Waals surface area contributed by atoms with Gasteiger partial charge in [0.1, 0.15) is 0 Å². The van der Waals surface area contributed by atoms with Gasteiger partial charge in [0, 0.05) is 17.9 Å². The van der Waals surface area contributed by atoms with Crippen molar-refractivity contribution in [2.75, 3.05) is 24.6 Å². The van der Waals surface area contributed by atoms with Gasteiger partial charge in [-0.25, -0.2) is 0 Å². The average Bonchev–Trinajstić information content (AvgIpc) is 2.34. The fourth-order valence-corrected chi connectivity index (χ4v) is 1.56. The fourth-order valence-electron chi connectivity index (χ4n) is 1.56. The lowest BCUT2D eigenvalue weighted by atomic mass is 10.2. The molecule has 1 rings (SSSR count). The molecule has 0 aliphatic heterocycles. The van der Waals surface area contributed by atoms with E-state index in [0.717, 1.165) is 0 Å². The van der Waals surface area contributed by atoms with E-state index in [1.807, 2.05) is 0 Å². The van der Waals surface area contributed by atoms with Crippen molar-refractivity contribution in [1.82, 2.24) is 4.90 Å². The van der Waals surface area contributed by atoms with Crippen LogP contribution in [0.4, 0.5) is 24.5 Å². The maximum absolute atomic E-state index is 12.1. The number of halogens is 3. The van der Waals surface area contributed by atoms with Crippen LogP contribution < -0.4 is 11.1 Å². The SMILES string of the molecule is CC(C(=O)Nc1cccc(N)c1)N(C)CCC(F)(F)F. The number of benzene rings is 1. The van der Waals surface area contributed by atoms with Crippen molar-refractivity contribution >= 4 is 17.3 Å². The van der Waals surface area contributed by atoms with Gasteiger partial charge < -0.3 is 11.1 Å². The standard InChI is InChI=1S/C13H18F3N3O/c1-9(19(2)7-6-13(14,15)16)12(20)18-11-5-3-4-10(17)8-11/h3-5,8-9H,6-7,17H2,1-2H3,(H,18,20). The summed E-state index contributed by atoms with van der Waals surface area (Å²) in [6, 6.07) is 5.94. The molecular formula is C13H18F3N3O. The number of likely N-dealkylation sites (N-methyl/N-ethyl adjacent to an activating group) is 1. The molecule has 0 fully saturated rings. The highest BCUT2D eigenvalue weighted by molar-refractivity contribution is 5.94. The van der Waals surface area contributed by atoms with Gasteiger partial charge in [-0.2, -0.15) is 13.2 Å². The second kappa shape index (κ2) is 6.60. The van der Waals surface area contributed by atoms with E-state index in [4.69, 9.17) is 5.73 Å². The lowest BCUT2D eigenvalue weighted by Crippen LogP contribution is -2.41. The number of carbonyl (C=O) groups is 1. The van der Waals surface area contributed by atoms with E-state index in [0.29, 0.717) is 11.4 Å². The van der Waals surface area contributed by atoms with Crippen molar-refractivity contribution in [2.45, 2.75) is 25.6 Å². The van der Waals surface area contributed by atoms with Gasteiger partial charge in [-0.1, -0.05) is 6.07 Å². The number of nitrogens with two attached hydrogens (primary N) is 1. The number of carbonyl (C=O) groups excluding carboxylic acids is 1. The van der Waals surface area contributed by atoms with E-state index in [9.17, 15) is 18.0 Å². The van der Waals surface area contributed by atoms with Gasteiger partial charge in [-0.3, -0.25) is 9.69 Å². The van der Waals surface area contributed by atoms with Gasteiger partial charge in [0.2, 0.25) is 5.91 Å². The van der Waals surface area contributed by atoms with Crippen LogP contribution in [0.15, 0.2) is 24.3 Å². The van der Waals surface area contributed by atoms with Crippen molar-refractivity contribution in [3.8, 4) is 0 Å². The molecule has 0 aliphatic carbocycles. The fraction of sp³-hybridized carbons (Fsp3) is 0.462. The van der Waals surface area contributed by atoms with Gasteiger partial charge in [0.25, 0.3) is 0 Å². The smallest absolute Gasteiger partial charge is 0.390 e. The molecule has 7 heteroatoms. The summed E-state index contributed by atoms with van der Waals surface area (Å²) >= 11 is 0. The van der Waals surface area contributed by atoms with Crippen LogP contribution in [0.1, 0.15) is 13.3 Å². The number of amides is 1. The molecule has 0 spiro atoms. The number of hydrogen-bond acceptors (Lipinski definition) is 3. The lowest BCUT2D eigenvalue weighted by Gasteiger charge is -2.24. The van der Waals surface area contributed by atoms with Crippen molar-refractivity contribution in [2.24, 2.45) is 0 Å². The molecule has 0 saturated carbocycles. The third-order valence-corrected chi connectivity index (χ3v) is 2.94. The normalized spacial score (nSPS) is 13.3. The van der Waals surface area contributed by atoms with Gasteiger partial charge in [-0.05, 0) is 32.2 Å². The molecule has 4 nitrogen and oxygen atoms in total. The van der Waals surface area contributed by atoms with E-state index in [1.165, 1.54) is 11.9 Å². The largest absolute Gasteiger partial charge is 0.399 e. The topological polar surface area (TPSA) is 58.4 Å². The zero-order chi connectivity index (χ0) is 15.3. The van der Waals surface area contributed by atoms with E-state index in [-0.39, 0.29) is 12.5 Å². The van der Waals surface area contributed by atoms with Crippen molar-refractivity contribution < 1.29 is 18.0 Å². The van der Waals surface area contributed by atoms with Crippen LogP contribution in [0, 0.1) is 0 Å². The monoisotopic (exact) mass is 289 g/mol. The zero-order valence-electron chi connectivity index (χ0n) is 11.4. The summed E-state index contributed by atoms with van der Waals surface area (Å²) in [5, 5.41) is 2.62. The quantitative estimate of drug-likeness (QED) is 0.819. The molecule has 1 aromatic rings. The molecule has 1 atom stereocenters. The summed E-state index contributed by atoms with van der Waals surface area (Å²) < 4.78 is 36.4. The molecular weight excluding hydrogens is 271 g/mol. The van der Waals surface area contributed by atoms with E-state index in [1.54, 1.807) is 31.2 Å². The molecule has 0 heterocycles. The first-order chi connectivity index (χ1) is 9.19. The van der Waals surface area contributed by atoms with Crippen molar-refractivity contribution in [3.05, 3.63) is 24.3 Å². The highest BCUT2D eigenvalue weighted by Gasteiger charge is 2.29. The third kappa shape index (κ3) is 5.48. The Bertz CT molecular complexity index is 462. The minimum absolute atomic E-state index is 0.227. The number of nitrogens with zero attached hydrogens (tertiary/aromatic N) is 1. The first-order valence-electron chi connectivity index (χ1n) is 6.12. The van der Waals surface area contributed by atoms with Crippen molar-refractivity contribution in [3.63, 3.8) is 0 Å². The van der Waals surface area contributed by atoms with Gasteiger partial charge >= 0.3 is 6.18 Å². The van der Waals surface area contributed by atoms with Crippen LogP contribution in [0.25, 0.3) is 0 Å². The van der Waals surface area contributed by atoms with E-state index < -0.39 is 18.6 Å². The molecule has 3 N–H and O–H groups in total. The predicted molar refractivity (Wildman–Crippen MR) is 72.2 cm³/mol. The summed E-state index contributed by atoms with van der Waals surface area (Å²) in [4.78, 5) is 13.3. The lowest BCUT2D eigenvalue weighted by molar-refractivity contribution is -0.140. The molecule has 20 heavy (non-hydrogen) atoms. The number of rotatable bonds is 5. The zero-order valence-corrected chi connectivity index (χ0v) is 11.4. The predicted octanol–water partition coefficient (Wildman–Crippen LogP) is 2.48. The summed E-state index contributed by atoms with van der Waals surface area (Å²) in [6.45, 7) is 1.33. The Kier molecular flexibility index (Phi) is 5.38. The van der Waals surface area contributed by atoms with Crippen LogP contribution in [0.2, 0.25) is 0 Å². The Balaban J connectivity index is 2.54. The first kappa shape index (κ1) is 16.3. The maximum Gasteiger partial charge on any atom is 0.390 e. The summed E-state index contributed by atoms with van der Waals surface area (Å²) in [5.41, 5.74) is 6.60. The van der Waals surface area contributed by atoms with Gasteiger partial charge in [0.15, 0.2) is 0 Å². The molecule has 1 aromatic carbocycles. The van der Waals surface area contributed by atoms with Crippen LogP contribution >= 0.6 is 0 Å². The Morgan fingerprint density at radius 2 is 2.10 bits per heavy atom. The van der Waals surface area contributed by atoms with Gasteiger partial charge in [-0.15, -0.1) is 0 Å².